The van der Waals surface area contributed by atoms with Crippen LogP contribution >= 0.6 is 0 Å². The highest BCUT2D eigenvalue weighted by atomic mass is 28.4. The minimum Gasteiger partial charge on any atom is -0.493 e. The summed E-state index contributed by atoms with van der Waals surface area (Å²) in [6.45, 7) is 11.8. The van der Waals surface area contributed by atoms with E-state index in [1.54, 1.807) is 21.3 Å². The lowest BCUT2D eigenvalue weighted by Gasteiger charge is -2.37. The SMILES string of the molecule is COc1ccc(CC2CC(CCO[Si](C)(C)C(C)(C)C)(c3ccccc3)C(=O)N2)c(OC)c1OC. The molecule has 0 radical (unpaired) electrons. The van der Waals surface area contributed by atoms with E-state index in [-0.39, 0.29) is 17.0 Å². The van der Waals surface area contributed by atoms with Crippen LogP contribution in [0.2, 0.25) is 18.1 Å². The zero-order valence-corrected chi connectivity index (χ0v) is 23.5. The van der Waals surface area contributed by atoms with E-state index in [0.29, 0.717) is 43.1 Å². The van der Waals surface area contributed by atoms with Gasteiger partial charge in [0.05, 0.1) is 26.7 Å². The van der Waals surface area contributed by atoms with Crippen molar-refractivity contribution in [2.24, 2.45) is 0 Å². The van der Waals surface area contributed by atoms with Gasteiger partial charge in [0.25, 0.3) is 0 Å². The van der Waals surface area contributed by atoms with E-state index >= 15 is 0 Å². The number of nitrogens with one attached hydrogen (secondary N) is 1. The van der Waals surface area contributed by atoms with Gasteiger partial charge >= 0.3 is 0 Å². The molecule has 2 aromatic rings. The second-order valence-corrected chi connectivity index (χ2v) is 15.7. The zero-order chi connectivity index (χ0) is 25.9. The van der Waals surface area contributed by atoms with Gasteiger partial charge < -0.3 is 24.0 Å². The van der Waals surface area contributed by atoms with Crippen LogP contribution in [0.15, 0.2) is 42.5 Å². The predicted octanol–water partition coefficient (Wildman–Crippen LogP) is 5.49. The van der Waals surface area contributed by atoms with E-state index in [1.807, 2.05) is 30.3 Å². The lowest BCUT2D eigenvalue weighted by atomic mass is 9.75. The molecule has 1 saturated heterocycles. The summed E-state index contributed by atoms with van der Waals surface area (Å²) < 4.78 is 23.2. The van der Waals surface area contributed by atoms with Gasteiger partial charge in [-0.05, 0) is 49.0 Å². The summed E-state index contributed by atoms with van der Waals surface area (Å²) in [5, 5.41) is 3.40. The number of methoxy groups -OCH3 is 3. The summed E-state index contributed by atoms with van der Waals surface area (Å²) in [7, 11) is 2.92. The van der Waals surface area contributed by atoms with Crippen molar-refractivity contribution in [3.8, 4) is 17.2 Å². The third-order valence-electron chi connectivity index (χ3n) is 7.74. The van der Waals surface area contributed by atoms with E-state index in [4.69, 9.17) is 18.6 Å². The largest absolute Gasteiger partial charge is 0.493 e. The number of hydrogen-bond donors (Lipinski definition) is 1. The Morgan fingerprint density at radius 3 is 2.20 bits per heavy atom. The molecule has 1 fully saturated rings. The summed E-state index contributed by atoms with van der Waals surface area (Å²) >= 11 is 0. The molecule has 1 heterocycles. The molecular formula is C28H41NO5Si. The summed E-state index contributed by atoms with van der Waals surface area (Å²) in [5.74, 6) is 1.88. The van der Waals surface area contributed by atoms with Crippen LogP contribution in [0.5, 0.6) is 17.2 Å². The number of ether oxygens (including phenoxy) is 3. The fourth-order valence-electron chi connectivity index (χ4n) is 4.66. The van der Waals surface area contributed by atoms with E-state index < -0.39 is 13.7 Å². The van der Waals surface area contributed by atoms with Crippen molar-refractivity contribution in [1.29, 1.82) is 0 Å². The van der Waals surface area contributed by atoms with Gasteiger partial charge in [-0.2, -0.15) is 0 Å². The number of carbonyl (C=O) groups is 1. The first-order chi connectivity index (χ1) is 16.5. The second kappa shape index (κ2) is 10.6. The van der Waals surface area contributed by atoms with Crippen LogP contribution < -0.4 is 19.5 Å². The van der Waals surface area contributed by atoms with Crippen LogP contribution in [0.3, 0.4) is 0 Å². The average Bonchev–Trinajstić information content (AvgIpc) is 3.13. The maximum Gasteiger partial charge on any atom is 0.231 e. The highest BCUT2D eigenvalue weighted by Gasteiger charge is 2.48. The fraction of sp³-hybridized carbons (Fsp3) is 0.536. The van der Waals surface area contributed by atoms with Gasteiger partial charge in [0, 0.05) is 18.2 Å². The number of amides is 1. The summed E-state index contributed by atoms with van der Waals surface area (Å²) in [6.07, 6.45) is 1.97. The van der Waals surface area contributed by atoms with Crippen molar-refractivity contribution in [2.75, 3.05) is 27.9 Å². The lowest BCUT2D eigenvalue weighted by Crippen LogP contribution is -2.43. The number of hydrogen-bond acceptors (Lipinski definition) is 5. The maximum atomic E-state index is 13.6. The smallest absolute Gasteiger partial charge is 0.231 e. The highest BCUT2D eigenvalue weighted by Crippen LogP contribution is 2.44. The van der Waals surface area contributed by atoms with Gasteiger partial charge in [-0.25, -0.2) is 0 Å². The summed E-state index contributed by atoms with van der Waals surface area (Å²) in [5.41, 5.74) is 1.38. The van der Waals surface area contributed by atoms with Crippen LogP contribution in [-0.2, 0) is 21.1 Å². The predicted molar refractivity (Wildman–Crippen MR) is 142 cm³/mol. The molecule has 0 bridgehead atoms. The monoisotopic (exact) mass is 499 g/mol. The highest BCUT2D eigenvalue weighted by molar-refractivity contribution is 6.74. The Labute approximate surface area is 211 Å². The van der Waals surface area contributed by atoms with Crippen molar-refractivity contribution in [1.82, 2.24) is 5.32 Å². The fourth-order valence-corrected chi connectivity index (χ4v) is 5.71. The third kappa shape index (κ3) is 5.51. The topological polar surface area (TPSA) is 66.0 Å². The van der Waals surface area contributed by atoms with Gasteiger partial charge in [0.15, 0.2) is 19.8 Å². The first kappa shape index (κ1) is 27.1. The normalized spacial score (nSPS) is 20.5. The first-order valence-corrected chi connectivity index (χ1v) is 15.2. The molecule has 6 nitrogen and oxygen atoms in total. The molecule has 1 N–H and O–H groups in total. The molecule has 35 heavy (non-hydrogen) atoms. The molecule has 0 aliphatic carbocycles. The van der Waals surface area contributed by atoms with Crippen LogP contribution in [0.4, 0.5) is 0 Å². The van der Waals surface area contributed by atoms with E-state index in [0.717, 1.165) is 11.1 Å². The molecule has 3 rings (SSSR count). The molecule has 2 atom stereocenters. The average molecular weight is 500 g/mol. The molecule has 0 spiro atoms. The van der Waals surface area contributed by atoms with Crippen molar-refractivity contribution < 1.29 is 23.4 Å². The molecule has 7 heteroatoms. The molecule has 2 aromatic carbocycles. The Morgan fingerprint density at radius 2 is 1.63 bits per heavy atom. The number of carbonyl (C=O) groups excluding carboxylic acids is 1. The summed E-state index contributed by atoms with van der Waals surface area (Å²) in [6, 6.07) is 13.9. The van der Waals surface area contributed by atoms with Crippen LogP contribution in [0.1, 0.15) is 44.7 Å². The molecule has 1 aliphatic rings. The zero-order valence-electron chi connectivity index (χ0n) is 22.5. The molecule has 192 valence electrons. The van der Waals surface area contributed by atoms with Crippen LogP contribution in [0.25, 0.3) is 0 Å². The van der Waals surface area contributed by atoms with Crippen molar-refractivity contribution in [3.63, 3.8) is 0 Å². The molecule has 1 amide bonds. The number of benzene rings is 2. The second-order valence-electron chi connectivity index (χ2n) is 10.9. The Balaban J connectivity index is 1.87. The first-order valence-electron chi connectivity index (χ1n) is 12.3. The van der Waals surface area contributed by atoms with Gasteiger partial charge in [0.2, 0.25) is 11.7 Å². The van der Waals surface area contributed by atoms with Gasteiger partial charge in [0.1, 0.15) is 0 Å². The maximum absolute atomic E-state index is 13.6. The lowest BCUT2D eigenvalue weighted by molar-refractivity contribution is -0.124. The molecule has 1 aliphatic heterocycles. The summed E-state index contributed by atoms with van der Waals surface area (Å²) in [4.78, 5) is 13.6. The minimum atomic E-state index is -1.92. The molecule has 0 saturated carbocycles. The van der Waals surface area contributed by atoms with Crippen molar-refractivity contribution in [3.05, 3.63) is 53.6 Å². The Kier molecular flexibility index (Phi) is 8.22. The molecular weight excluding hydrogens is 458 g/mol. The van der Waals surface area contributed by atoms with Crippen molar-refractivity contribution in [2.45, 2.75) is 69.6 Å². The Morgan fingerprint density at radius 1 is 0.971 bits per heavy atom. The number of rotatable bonds is 10. The Bertz CT molecular complexity index is 1020. The third-order valence-corrected chi connectivity index (χ3v) is 12.3. The van der Waals surface area contributed by atoms with E-state index in [9.17, 15) is 4.79 Å². The van der Waals surface area contributed by atoms with Crippen LogP contribution in [0, 0.1) is 0 Å². The van der Waals surface area contributed by atoms with Gasteiger partial charge in [-0.15, -0.1) is 0 Å². The standard InChI is InChI=1S/C28H41NO5Si/c1-27(2,3)35(7,8)34-17-16-28(21-12-10-9-11-13-21)19-22(29-26(28)30)18-20-14-15-23(31-4)25(33-6)24(20)32-5/h9-15,22H,16-19H2,1-8H3,(H,29,30). The van der Waals surface area contributed by atoms with Gasteiger partial charge in [-0.1, -0.05) is 57.2 Å². The van der Waals surface area contributed by atoms with Gasteiger partial charge in [-0.3, -0.25) is 4.79 Å². The van der Waals surface area contributed by atoms with E-state index in [2.05, 4.69) is 51.3 Å². The minimum absolute atomic E-state index is 0.0393. The van der Waals surface area contributed by atoms with Crippen molar-refractivity contribution >= 4 is 14.2 Å². The van der Waals surface area contributed by atoms with Crippen LogP contribution in [-0.4, -0.2) is 48.2 Å². The molecule has 2 unspecified atom stereocenters. The molecule has 0 aromatic heterocycles. The quantitative estimate of drug-likeness (QED) is 0.438. The Hall–Kier alpha value is -2.51. The van der Waals surface area contributed by atoms with E-state index in [1.165, 1.54) is 0 Å².